The summed E-state index contributed by atoms with van der Waals surface area (Å²) in [5, 5.41) is -0.370. The second-order valence-corrected chi connectivity index (χ2v) is 7.50. The van der Waals surface area contributed by atoms with Gasteiger partial charge in [-0.05, 0) is 67.5 Å². The summed E-state index contributed by atoms with van der Waals surface area (Å²) in [6.45, 7) is 2.08. The Labute approximate surface area is 150 Å². The Kier molecular flexibility index (Phi) is 5.94. The van der Waals surface area contributed by atoms with E-state index in [4.69, 9.17) is 16.6 Å². The third-order valence-electron chi connectivity index (χ3n) is 5.41. The number of hydrogen-bond acceptors (Lipinski definition) is 2. The van der Waals surface area contributed by atoms with Crippen molar-refractivity contribution in [2.75, 3.05) is 4.90 Å². The van der Waals surface area contributed by atoms with Crippen molar-refractivity contribution < 1.29 is 4.79 Å². The first-order valence-corrected chi connectivity index (χ1v) is 9.65. The van der Waals surface area contributed by atoms with E-state index in [1.165, 1.54) is 44.9 Å². The summed E-state index contributed by atoms with van der Waals surface area (Å²) in [6.07, 6.45) is 12.8. The molecule has 24 heavy (non-hydrogen) atoms. The van der Waals surface area contributed by atoms with Crippen molar-refractivity contribution in [2.24, 2.45) is 4.99 Å². The molecule has 1 amide bonds. The molecule has 0 N–H and O–H groups in total. The molecular weight excluding hydrogens is 320 g/mol. The minimum absolute atomic E-state index is 0.246. The van der Waals surface area contributed by atoms with Crippen molar-refractivity contribution in [1.29, 1.82) is 0 Å². The van der Waals surface area contributed by atoms with Crippen LogP contribution in [0.15, 0.2) is 23.2 Å². The second kappa shape index (κ2) is 8.15. The lowest BCUT2D eigenvalue weighted by Crippen LogP contribution is -2.35. The van der Waals surface area contributed by atoms with Gasteiger partial charge in [0, 0.05) is 24.0 Å². The van der Waals surface area contributed by atoms with Crippen LogP contribution in [0.1, 0.15) is 68.9 Å². The quantitative estimate of drug-likeness (QED) is 0.382. The van der Waals surface area contributed by atoms with E-state index < -0.39 is 0 Å². The summed E-state index contributed by atoms with van der Waals surface area (Å²) in [5.74, 6) is 0. The van der Waals surface area contributed by atoms with Gasteiger partial charge in [-0.2, -0.15) is 0 Å². The average molecular weight is 347 g/mol. The molecule has 2 aliphatic carbocycles. The highest BCUT2D eigenvalue weighted by molar-refractivity contribution is 6.66. The molecule has 0 bridgehead atoms. The largest absolute Gasteiger partial charge is 0.321 e. The van der Waals surface area contributed by atoms with Gasteiger partial charge in [-0.25, -0.2) is 0 Å². The van der Waals surface area contributed by atoms with E-state index in [0.717, 1.165) is 29.7 Å². The van der Waals surface area contributed by atoms with E-state index in [2.05, 4.69) is 19.1 Å². The zero-order valence-electron chi connectivity index (χ0n) is 14.5. The van der Waals surface area contributed by atoms with Crippen LogP contribution < -0.4 is 4.90 Å². The number of aliphatic imine (C=N–C) groups is 1. The van der Waals surface area contributed by atoms with Crippen molar-refractivity contribution >= 4 is 28.9 Å². The molecule has 2 fully saturated rings. The summed E-state index contributed by atoms with van der Waals surface area (Å²) in [5.41, 5.74) is 3.19. The summed E-state index contributed by atoms with van der Waals surface area (Å²) >= 11 is 5.87. The van der Waals surface area contributed by atoms with Gasteiger partial charge in [-0.1, -0.05) is 38.2 Å². The smallest absolute Gasteiger partial charge is 0.296 e. The molecule has 0 aromatic heterocycles. The molecule has 2 saturated carbocycles. The van der Waals surface area contributed by atoms with E-state index >= 15 is 0 Å². The molecule has 130 valence electrons. The average Bonchev–Trinajstić information content (AvgIpc) is 3.09. The predicted octanol–water partition coefficient (Wildman–Crippen LogP) is 5.85. The number of carbonyl (C=O) groups is 1. The monoisotopic (exact) mass is 346 g/mol. The van der Waals surface area contributed by atoms with Crippen LogP contribution in [0.2, 0.25) is 0 Å². The number of amides is 1. The van der Waals surface area contributed by atoms with Gasteiger partial charge in [0.05, 0.1) is 0 Å². The molecule has 3 nitrogen and oxygen atoms in total. The number of hydrogen-bond donors (Lipinski definition) is 0. The lowest BCUT2D eigenvalue weighted by molar-refractivity contribution is 0.262. The zero-order chi connectivity index (χ0) is 16.9. The van der Waals surface area contributed by atoms with Gasteiger partial charge in [0.1, 0.15) is 0 Å². The topological polar surface area (TPSA) is 32.7 Å². The van der Waals surface area contributed by atoms with Crippen molar-refractivity contribution in [1.82, 2.24) is 0 Å². The zero-order valence-corrected chi connectivity index (χ0v) is 15.3. The maximum absolute atomic E-state index is 11.9. The van der Waals surface area contributed by atoms with Crippen molar-refractivity contribution in [2.45, 2.75) is 76.8 Å². The summed E-state index contributed by atoms with van der Waals surface area (Å²) in [6, 6.07) is 6.88. The van der Waals surface area contributed by atoms with Crippen LogP contribution in [0.4, 0.5) is 10.5 Å². The van der Waals surface area contributed by atoms with Crippen molar-refractivity contribution in [3.8, 4) is 0 Å². The predicted molar refractivity (Wildman–Crippen MR) is 102 cm³/mol. The molecule has 0 spiro atoms. The lowest BCUT2D eigenvalue weighted by Gasteiger charge is -2.27. The van der Waals surface area contributed by atoms with Crippen LogP contribution in [0.25, 0.3) is 0 Å². The van der Waals surface area contributed by atoms with Crippen LogP contribution in [-0.2, 0) is 0 Å². The maximum Gasteiger partial charge on any atom is 0.321 e. The normalized spacial score (nSPS) is 19.9. The van der Waals surface area contributed by atoms with E-state index in [1.807, 2.05) is 12.3 Å². The number of benzene rings is 1. The fraction of sp³-hybridized carbons (Fsp3) is 0.600. The van der Waals surface area contributed by atoms with Crippen LogP contribution in [0.3, 0.4) is 0 Å². The highest BCUT2D eigenvalue weighted by Crippen LogP contribution is 2.30. The Morgan fingerprint density at radius 1 is 1.12 bits per heavy atom. The molecule has 1 aromatic carbocycles. The second-order valence-electron chi connectivity index (χ2n) is 7.17. The molecule has 0 aliphatic heterocycles. The molecule has 3 rings (SSSR count). The summed E-state index contributed by atoms with van der Waals surface area (Å²) < 4.78 is 0. The van der Waals surface area contributed by atoms with E-state index in [-0.39, 0.29) is 11.4 Å². The summed E-state index contributed by atoms with van der Waals surface area (Å²) in [4.78, 5) is 18.5. The highest BCUT2D eigenvalue weighted by Gasteiger charge is 2.27. The molecule has 0 atom stereocenters. The molecular formula is C20H27ClN2O. The number of nitrogens with zero attached hydrogens (tertiary/aromatic N) is 2. The van der Waals surface area contributed by atoms with Gasteiger partial charge in [0.25, 0.3) is 0 Å². The summed E-state index contributed by atoms with van der Waals surface area (Å²) in [7, 11) is 0. The number of anilines is 1. The molecule has 0 saturated heterocycles. The van der Waals surface area contributed by atoms with Crippen LogP contribution >= 0.6 is 11.6 Å². The molecule has 0 radical (unpaired) electrons. The fourth-order valence-electron chi connectivity index (χ4n) is 3.99. The Morgan fingerprint density at radius 3 is 2.42 bits per heavy atom. The molecule has 4 heteroatoms. The first-order valence-electron chi connectivity index (χ1n) is 9.27. The van der Waals surface area contributed by atoms with Crippen LogP contribution in [-0.4, -0.2) is 23.7 Å². The fourth-order valence-corrected chi connectivity index (χ4v) is 4.22. The number of halogens is 1. The third-order valence-corrected chi connectivity index (χ3v) is 5.59. The number of aryl methyl sites for hydroxylation is 1. The van der Waals surface area contributed by atoms with E-state index in [0.29, 0.717) is 6.04 Å². The van der Waals surface area contributed by atoms with Crippen LogP contribution in [0, 0.1) is 6.92 Å². The maximum atomic E-state index is 11.9. The Morgan fingerprint density at radius 2 is 1.79 bits per heavy atom. The number of rotatable bonds is 4. The van der Waals surface area contributed by atoms with Gasteiger partial charge in [0.2, 0.25) is 0 Å². The Bertz CT molecular complexity index is 602. The minimum Gasteiger partial charge on any atom is -0.296 e. The van der Waals surface area contributed by atoms with Gasteiger partial charge >= 0.3 is 5.37 Å². The Balaban J connectivity index is 1.75. The van der Waals surface area contributed by atoms with E-state index in [9.17, 15) is 4.79 Å². The molecule has 0 unspecified atom stereocenters. The van der Waals surface area contributed by atoms with E-state index in [1.54, 1.807) is 4.90 Å². The van der Waals surface area contributed by atoms with Gasteiger partial charge in [-0.15, -0.1) is 0 Å². The van der Waals surface area contributed by atoms with Crippen molar-refractivity contribution in [3.05, 3.63) is 29.3 Å². The Hall–Kier alpha value is -1.35. The molecule has 0 heterocycles. The molecule has 2 aliphatic rings. The SMILES string of the molecule is Cc1cc(N(C(=O)Cl)C2CCCC2)ccc1C=NC1CCCCC1. The third kappa shape index (κ3) is 4.18. The standard InChI is InChI=1S/C20H27ClN2O/c1-15-13-19(23(20(21)24)18-9-5-6-10-18)12-11-16(15)14-22-17-7-3-2-4-8-17/h11-14,17-18H,2-10H2,1H3. The number of carbonyl (C=O) groups excluding carboxylic acids is 1. The first kappa shape index (κ1) is 17.5. The van der Waals surface area contributed by atoms with Gasteiger partial charge in [-0.3, -0.25) is 14.7 Å². The van der Waals surface area contributed by atoms with Crippen molar-refractivity contribution in [3.63, 3.8) is 0 Å². The molecule has 1 aromatic rings. The first-order chi connectivity index (χ1) is 11.6. The highest BCUT2D eigenvalue weighted by atomic mass is 35.5. The van der Waals surface area contributed by atoms with Crippen LogP contribution in [0.5, 0.6) is 0 Å². The van der Waals surface area contributed by atoms with Gasteiger partial charge < -0.3 is 0 Å². The lowest BCUT2D eigenvalue weighted by atomic mass is 9.96. The minimum atomic E-state index is -0.370. The van der Waals surface area contributed by atoms with Gasteiger partial charge in [0.15, 0.2) is 0 Å².